The molecule has 1 N–H and O–H groups in total. The molecule has 3 heteroatoms. The minimum Gasteiger partial charge on any atom is -0.370 e. The molecule has 19 heavy (non-hydrogen) atoms. The molecule has 2 heterocycles. The molecule has 1 aliphatic rings. The molecule has 2 aromatic rings. The van der Waals surface area contributed by atoms with E-state index in [2.05, 4.69) is 48.6 Å². The predicted molar refractivity (Wildman–Crippen MR) is 80.0 cm³/mol. The Kier molecular flexibility index (Phi) is 3.69. The maximum absolute atomic E-state index is 6.07. The minimum absolute atomic E-state index is 0.207. The molecule has 0 saturated carbocycles. The Morgan fingerprint density at radius 3 is 2.84 bits per heavy atom. The van der Waals surface area contributed by atoms with Crippen LogP contribution >= 0.6 is 11.3 Å². The second kappa shape index (κ2) is 5.45. The van der Waals surface area contributed by atoms with Crippen molar-refractivity contribution in [1.29, 1.82) is 0 Å². The molecule has 1 aromatic carbocycles. The van der Waals surface area contributed by atoms with Gasteiger partial charge in [0.25, 0.3) is 0 Å². The van der Waals surface area contributed by atoms with Gasteiger partial charge in [-0.25, -0.2) is 0 Å². The summed E-state index contributed by atoms with van der Waals surface area (Å²) in [5.74, 6) is 0.384. The molecule has 1 aliphatic heterocycles. The zero-order chi connectivity index (χ0) is 13.2. The molecular weight excluding hydrogens is 254 g/mol. The summed E-state index contributed by atoms with van der Waals surface area (Å²) in [5.41, 5.74) is 2.81. The zero-order valence-corrected chi connectivity index (χ0v) is 12.2. The average molecular weight is 273 g/mol. The first-order chi connectivity index (χ1) is 9.29. The fourth-order valence-corrected chi connectivity index (χ4v) is 3.89. The maximum Gasteiger partial charge on any atom is 0.104 e. The molecule has 0 saturated heterocycles. The number of aryl methyl sites for hydroxylation is 1. The van der Waals surface area contributed by atoms with Gasteiger partial charge in [0.15, 0.2) is 0 Å². The number of hydrogen-bond acceptors (Lipinski definition) is 3. The van der Waals surface area contributed by atoms with Crippen LogP contribution in [0.15, 0.2) is 36.4 Å². The van der Waals surface area contributed by atoms with Crippen LogP contribution in [-0.2, 0) is 4.74 Å². The average Bonchev–Trinajstić information content (AvgIpc) is 2.82. The van der Waals surface area contributed by atoms with Crippen LogP contribution in [0.4, 0.5) is 0 Å². The van der Waals surface area contributed by atoms with Gasteiger partial charge in [-0.15, -0.1) is 11.3 Å². The quantitative estimate of drug-likeness (QED) is 0.924. The molecule has 0 bridgehead atoms. The fraction of sp³-hybridized carbons (Fsp3) is 0.375. The molecule has 1 aromatic heterocycles. The number of nitrogens with one attached hydrogen (secondary N) is 1. The topological polar surface area (TPSA) is 21.3 Å². The maximum atomic E-state index is 6.07. The molecule has 2 atom stereocenters. The van der Waals surface area contributed by atoms with E-state index in [1.165, 1.54) is 20.9 Å². The van der Waals surface area contributed by atoms with E-state index in [4.69, 9.17) is 4.74 Å². The highest BCUT2D eigenvalue weighted by Gasteiger charge is 2.30. The van der Waals surface area contributed by atoms with Crippen molar-refractivity contribution in [3.05, 3.63) is 57.3 Å². The van der Waals surface area contributed by atoms with Crippen LogP contribution in [0.3, 0.4) is 0 Å². The summed E-state index contributed by atoms with van der Waals surface area (Å²) in [7, 11) is 1.98. The smallest absolute Gasteiger partial charge is 0.104 e. The molecule has 0 aliphatic carbocycles. The Labute approximate surface area is 118 Å². The number of hydrogen-bond donors (Lipinski definition) is 1. The van der Waals surface area contributed by atoms with Crippen LogP contribution in [-0.4, -0.2) is 20.2 Å². The van der Waals surface area contributed by atoms with Crippen LogP contribution in [0, 0.1) is 6.92 Å². The number of likely N-dealkylation sites (N-methyl/N-ethyl adjacent to an activating group) is 1. The first-order valence-electron chi connectivity index (χ1n) is 6.71. The number of fused-ring (bicyclic) bond motifs is 1. The van der Waals surface area contributed by atoms with Gasteiger partial charge in [-0.1, -0.05) is 30.3 Å². The minimum atomic E-state index is 0.207. The van der Waals surface area contributed by atoms with E-state index in [0.717, 1.165) is 13.2 Å². The van der Waals surface area contributed by atoms with E-state index in [1.54, 1.807) is 0 Å². The van der Waals surface area contributed by atoms with Crippen molar-refractivity contribution in [3.63, 3.8) is 0 Å². The summed E-state index contributed by atoms with van der Waals surface area (Å²) in [6.45, 7) is 3.84. The first-order valence-corrected chi connectivity index (χ1v) is 7.52. The van der Waals surface area contributed by atoms with Gasteiger partial charge in [0.2, 0.25) is 0 Å². The second-order valence-corrected chi connectivity index (χ2v) is 6.31. The molecule has 2 nitrogen and oxygen atoms in total. The van der Waals surface area contributed by atoms with E-state index in [-0.39, 0.29) is 6.10 Å². The van der Waals surface area contributed by atoms with Gasteiger partial charge in [-0.2, -0.15) is 0 Å². The van der Waals surface area contributed by atoms with Crippen LogP contribution in [0.2, 0.25) is 0 Å². The van der Waals surface area contributed by atoms with Crippen molar-refractivity contribution >= 4 is 11.3 Å². The van der Waals surface area contributed by atoms with Crippen LogP contribution in [0.1, 0.15) is 32.9 Å². The van der Waals surface area contributed by atoms with Gasteiger partial charge >= 0.3 is 0 Å². The van der Waals surface area contributed by atoms with Crippen molar-refractivity contribution in [3.8, 4) is 0 Å². The van der Waals surface area contributed by atoms with Crippen LogP contribution < -0.4 is 5.32 Å². The molecule has 3 rings (SSSR count). The summed E-state index contributed by atoms with van der Waals surface area (Å²) in [4.78, 5) is 2.77. The van der Waals surface area contributed by atoms with Gasteiger partial charge in [-0.3, -0.25) is 0 Å². The molecule has 100 valence electrons. The lowest BCUT2D eigenvalue weighted by Gasteiger charge is -2.29. The zero-order valence-electron chi connectivity index (χ0n) is 11.3. The monoisotopic (exact) mass is 273 g/mol. The van der Waals surface area contributed by atoms with Gasteiger partial charge in [0, 0.05) is 22.2 Å². The van der Waals surface area contributed by atoms with Crippen molar-refractivity contribution < 1.29 is 4.74 Å². The Hall–Kier alpha value is -1.16. The lowest BCUT2D eigenvalue weighted by molar-refractivity contribution is 0.0383. The highest BCUT2D eigenvalue weighted by molar-refractivity contribution is 7.12. The summed E-state index contributed by atoms with van der Waals surface area (Å²) in [5, 5.41) is 3.22. The fourth-order valence-electron chi connectivity index (χ4n) is 2.75. The van der Waals surface area contributed by atoms with E-state index < -0.39 is 0 Å². The van der Waals surface area contributed by atoms with E-state index >= 15 is 0 Å². The van der Waals surface area contributed by atoms with Crippen molar-refractivity contribution in [2.45, 2.75) is 18.9 Å². The van der Waals surface area contributed by atoms with Crippen molar-refractivity contribution in [2.24, 2.45) is 0 Å². The first kappa shape index (κ1) is 12.9. The largest absolute Gasteiger partial charge is 0.370 e. The third-order valence-corrected chi connectivity index (χ3v) is 4.80. The summed E-state index contributed by atoms with van der Waals surface area (Å²) >= 11 is 1.87. The predicted octanol–water partition coefficient (Wildman–Crippen LogP) is 3.48. The number of ether oxygens (including phenoxy) is 1. The third kappa shape index (κ3) is 2.46. The second-order valence-electron chi connectivity index (χ2n) is 5.02. The van der Waals surface area contributed by atoms with Gasteiger partial charge in [0.1, 0.15) is 6.10 Å². The molecule has 0 amide bonds. The SMILES string of the molecule is CNCC1OCC(c2ccccc2)c2cc(C)sc21. The Bertz CT molecular complexity index is 549. The molecule has 0 fully saturated rings. The Morgan fingerprint density at radius 1 is 1.32 bits per heavy atom. The molecule has 0 spiro atoms. The summed E-state index contributed by atoms with van der Waals surface area (Å²) in [6.07, 6.45) is 0.207. The standard InChI is InChI=1S/C16H19NOS/c1-11-8-13-14(12-6-4-3-5-7-12)10-18-15(9-17-2)16(13)19-11/h3-8,14-15,17H,9-10H2,1-2H3. The van der Waals surface area contributed by atoms with Gasteiger partial charge in [-0.05, 0) is 31.2 Å². The number of rotatable bonds is 3. The highest BCUT2D eigenvalue weighted by Crippen LogP contribution is 2.41. The number of benzene rings is 1. The Balaban J connectivity index is 1.99. The van der Waals surface area contributed by atoms with Gasteiger partial charge < -0.3 is 10.1 Å². The molecular formula is C16H19NOS. The van der Waals surface area contributed by atoms with E-state index in [9.17, 15) is 0 Å². The van der Waals surface area contributed by atoms with Crippen LogP contribution in [0.25, 0.3) is 0 Å². The number of thiophene rings is 1. The molecule has 0 radical (unpaired) electrons. The van der Waals surface area contributed by atoms with E-state index in [0.29, 0.717) is 5.92 Å². The molecule has 2 unspecified atom stereocenters. The lowest BCUT2D eigenvalue weighted by atomic mass is 9.89. The van der Waals surface area contributed by atoms with Crippen molar-refractivity contribution in [1.82, 2.24) is 5.32 Å². The third-order valence-electron chi connectivity index (χ3n) is 3.64. The van der Waals surface area contributed by atoms with Crippen molar-refractivity contribution in [2.75, 3.05) is 20.2 Å². The highest BCUT2D eigenvalue weighted by atomic mass is 32.1. The van der Waals surface area contributed by atoms with Crippen LogP contribution in [0.5, 0.6) is 0 Å². The normalized spacial score (nSPS) is 22.2. The van der Waals surface area contributed by atoms with E-state index in [1.807, 2.05) is 18.4 Å². The lowest BCUT2D eigenvalue weighted by Crippen LogP contribution is -2.26. The van der Waals surface area contributed by atoms with Gasteiger partial charge in [0.05, 0.1) is 6.61 Å². The Morgan fingerprint density at radius 2 is 2.11 bits per heavy atom. The summed E-state index contributed by atoms with van der Waals surface area (Å²) < 4.78 is 6.07. The summed E-state index contributed by atoms with van der Waals surface area (Å²) in [6, 6.07) is 13.0.